The van der Waals surface area contributed by atoms with Gasteiger partial charge in [0.05, 0.1) is 0 Å². The molecule has 0 radical (unpaired) electrons. The highest BCUT2D eigenvalue weighted by Gasteiger charge is 2.11. The van der Waals surface area contributed by atoms with Crippen LogP contribution in [0.15, 0.2) is 0 Å². The predicted octanol–water partition coefficient (Wildman–Crippen LogP) is 3.89. The van der Waals surface area contributed by atoms with Crippen molar-refractivity contribution in [3.63, 3.8) is 0 Å². The molecule has 0 fully saturated rings. The molecule has 4 heteroatoms. The Labute approximate surface area is 103 Å². The number of nitrogens with one attached hydrogen (secondary N) is 1. The number of hydrogen-bond acceptors (Lipinski definition) is 2. The molecule has 1 atom stereocenters. The summed E-state index contributed by atoms with van der Waals surface area (Å²) < 4.78 is 2.92. The van der Waals surface area contributed by atoms with Crippen LogP contribution in [0.1, 0.15) is 58.8 Å². The van der Waals surface area contributed by atoms with Gasteiger partial charge in [0.15, 0.2) is 4.77 Å². The normalized spacial score (nSPS) is 13.3. The zero-order valence-corrected chi connectivity index (χ0v) is 11.6. The smallest absolute Gasteiger partial charge is 0.195 e. The second kappa shape index (κ2) is 6.18. The monoisotopic (exact) mass is 241 g/mol. The van der Waals surface area contributed by atoms with Crippen molar-refractivity contribution in [1.82, 2.24) is 14.8 Å². The van der Waals surface area contributed by atoms with E-state index in [0.717, 1.165) is 22.9 Å². The standard InChI is InChI=1S/C12H23N3S/c1-5-11-13-14-12(16)15(11)10(4)8-6-7-9(2)3/h9-10H,5-8H2,1-4H3,(H,14,16). The Morgan fingerprint density at radius 1 is 1.31 bits per heavy atom. The van der Waals surface area contributed by atoms with E-state index in [1.54, 1.807) is 0 Å². The molecule has 0 bridgehead atoms. The maximum absolute atomic E-state index is 5.26. The number of hydrogen-bond donors (Lipinski definition) is 1. The minimum Gasteiger partial charge on any atom is -0.301 e. The Hall–Kier alpha value is -0.640. The first-order valence-electron chi connectivity index (χ1n) is 6.22. The predicted molar refractivity (Wildman–Crippen MR) is 70.2 cm³/mol. The van der Waals surface area contributed by atoms with Crippen LogP contribution >= 0.6 is 12.2 Å². The molecule has 0 saturated heterocycles. The lowest BCUT2D eigenvalue weighted by Gasteiger charge is -2.15. The first-order valence-corrected chi connectivity index (χ1v) is 6.62. The van der Waals surface area contributed by atoms with Crippen molar-refractivity contribution in [2.75, 3.05) is 0 Å². The van der Waals surface area contributed by atoms with Crippen LogP contribution in [0.4, 0.5) is 0 Å². The molecule has 1 unspecified atom stereocenters. The van der Waals surface area contributed by atoms with Gasteiger partial charge in [-0.25, -0.2) is 0 Å². The highest BCUT2D eigenvalue weighted by molar-refractivity contribution is 7.71. The molecular weight excluding hydrogens is 218 g/mol. The van der Waals surface area contributed by atoms with Crippen molar-refractivity contribution in [1.29, 1.82) is 0 Å². The molecule has 92 valence electrons. The third kappa shape index (κ3) is 3.44. The van der Waals surface area contributed by atoms with E-state index in [1.807, 2.05) is 0 Å². The second-order valence-electron chi connectivity index (χ2n) is 4.84. The number of rotatable bonds is 6. The van der Waals surface area contributed by atoms with E-state index in [4.69, 9.17) is 12.2 Å². The summed E-state index contributed by atoms with van der Waals surface area (Å²) >= 11 is 5.26. The molecule has 1 aromatic heterocycles. The van der Waals surface area contributed by atoms with Crippen LogP contribution in [0, 0.1) is 10.7 Å². The summed E-state index contributed by atoms with van der Waals surface area (Å²) in [6.45, 7) is 8.88. The van der Waals surface area contributed by atoms with Crippen LogP contribution in [0.5, 0.6) is 0 Å². The third-order valence-electron chi connectivity index (χ3n) is 2.94. The van der Waals surface area contributed by atoms with Gasteiger partial charge in [-0.05, 0) is 31.5 Å². The van der Waals surface area contributed by atoms with E-state index in [2.05, 4.69) is 42.5 Å². The molecule has 1 heterocycles. The van der Waals surface area contributed by atoms with Crippen molar-refractivity contribution in [3.05, 3.63) is 10.6 Å². The zero-order chi connectivity index (χ0) is 12.1. The first-order chi connectivity index (χ1) is 7.56. The third-order valence-corrected chi connectivity index (χ3v) is 3.23. The summed E-state index contributed by atoms with van der Waals surface area (Å²) in [5.41, 5.74) is 0. The highest BCUT2D eigenvalue weighted by atomic mass is 32.1. The van der Waals surface area contributed by atoms with Crippen molar-refractivity contribution in [2.45, 2.75) is 59.4 Å². The van der Waals surface area contributed by atoms with Gasteiger partial charge in [-0.2, -0.15) is 5.10 Å². The topological polar surface area (TPSA) is 33.6 Å². The fourth-order valence-corrected chi connectivity index (χ4v) is 2.32. The van der Waals surface area contributed by atoms with Gasteiger partial charge in [0.25, 0.3) is 0 Å². The molecule has 0 aliphatic carbocycles. The minimum atomic E-state index is 0.458. The average Bonchev–Trinajstić information content (AvgIpc) is 2.58. The first kappa shape index (κ1) is 13.4. The highest BCUT2D eigenvalue weighted by Crippen LogP contribution is 2.18. The summed E-state index contributed by atoms with van der Waals surface area (Å²) in [5.74, 6) is 1.86. The fraction of sp³-hybridized carbons (Fsp3) is 0.833. The van der Waals surface area contributed by atoms with Crippen molar-refractivity contribution in [3.8, 4) is 0 Å². The van der Waals surface area contributed by atoms with Crippen LogP contribution in [0.3, 0.4) is 0 Å². The summed E-state index contributed by atoms with van der Waals surface area (Å²) in [5, 5.41) is 7.13. The summed E-state index contributed by atoms with van der Waals surface area (Å²) in [4.78, 5) is 0. The van der Waals surface area contributed by atoms with E-state index in [-0.39, 0.29) is 0 Å². The van der Waals surface area contributed by atoms with E-state index >= 15 is 0 Å². The number of aryl methyl sites for hydroxylation is 1. The molecule has 0 aliphatic rings. The number of aromatic amines is 1. The molecule has 16 heavy (non-hydrogen) atoms. The Bertz CT molecular complexity index is 365. The summed E-state index contributed by atoms with van der Waals surface area (Å²) in [7, 11) is 0. The lowest BCUT2D eigenvalue weighted by molar-refractivity contribution is 0.435. The molecule has 0 saturated carbocycles. The van der Waals surface area contributed by atoms with Gasteiger partial charge < -0.3 is 4.57 Å². The number of aromatic nitrogens is 3. The molecule has 3 nitrogen and oxygen atoms in total. The summed E-state index contributed by atoms with van der Waals surface area (Å²) in [6.07, 6.45) is 4.66. The van der Waals surface area contributed by atoms with Crippen molar-refractivity contribution in [2.24, 2.45) is 5.92 Å². The van der Waals surface area contributed by atoms with E-state index in [9.17, 15) is 0 Å². The molecule has 0 aliphatic heterocycles. The average molecular weight is 241 g/mol. The Kier molecular flexibility index (Phi) is 5.19. The molecular formula is C12H23N3S. The van der Waals surface area contributed by atoms with Crippen LogP contribution in [0.25, 0.3) is 0 Å². The molecule has 0 aromatic carbocycles. The van der Waals surface area contributed by atoms with Gasteiger partial charge in [-0.15, -0.1) is 0 Å². The lowest BCUT2D eigenvalue weighted by Crippen LogP contribution is -2.09. The lowest BCUT2D eigenvalue weighted by atomic mass is 10.0. The number of nitrogens with zero attached hydrogens (tertiary/aromatic N) is 2. The van der Waals surface area contributed by atoms with Crippen molar-refractivity contribution >= 4 is 12.2 Å². The van der Waals surface area contributed by atoms with Crippen LogP contribution < -0.4 is 0 Å². The van der Waals surface area contributed by atoms with Crippen molar-refractivity contribution < 1.29 is 0 Å². The van der Waals surface area contributed by atoms with E-state index in [0.29, 0.717) is 6.04 Å². The largest absolute Gasteiger partial charge is 0.301 e. The van der Waals surface area contributed by atoms with Gasteiger partial charge in [-0.1, -0.05) is 33.6 Å². The molecule has 0 spiro atoms. The Morgan fingerprint density at radius 2 is 2.00 bits per heavy atom. The molecule has 1 aromatic rings. The maximum atomic E-state index is 5.26. The fourth-order valence-electron chi connectivity index (χ4n) is 1.99. The van der Waals surface area contributed by atoms with Gasteiger partial charge in [-0.3, -0.25) is 5.10 Å². The molecule has 0 amide bonds. The SMILES string of the molecule is CCc1n[nH]c(=S)n1C(C)CCCC(C)C. The molecule has 1 N–H and O–H groups in total. The molecule has 1 rings (SSSR count). The quantitative estimate of drug-likeness (QED) is 0.767. The number of H-pyrrole nitrogens is 1. The van der Waals surface area contributed by atoms with Crippen LogP contribution in [-0.4, -0.2) is 14.8 Å². The van der Waals surface area contributed by atoms with E-state index in [1.165, 1.54) is 19.3 Å². The van der Waals surface area contributed by atoms with E-state index < -0.39 is 0 Å². The maximum Gasteiger partial charge on any atom is 0.195 e. The minimum absolute atomic E-state index is 0.458. The van der Waals surface area contributed by atoms with Crippen LogP contribution in [0.2, 0.25) is 0 Å². The Balaban J connectivity index is 2.61. The Morgan fingerprint density at radius 3 is 2.56 bits per heavy atom. The summed E-state index contributed by atoms with van der Waals surface area (Å²) in [6, 6.07) is 0.458. The zero-order valence-electron chi connectivity index (χ0n) is 10.8. The van der Waals surface area contributed by atoms with Crippen LogP contribution in [-0.2, 0) is 6.42 Å². The van der Waals surface area contributed by atoms with Gasteiger partial charge in [0.1, 0.15) is 5.82 Å². The second-order valence-corrected chi connectivity index (χ2v) is 5.23. The van der Waals surface area contributed by atoms with Gasteiger partial charge >= 0.3 is 0 Å². The van der Waals surface area contributed by atoms with Gasteiger partial charge in [0, 0.05) is 12.5 Å². The van der Waals surface area contributed by atoms with Gasteiger partial charge in [0.2, 0.25) is 0 Å².